The molecule has 0 aromatic heterocycles. The maximum Gasteiger partial charge on any atom is 0.140 e. The highest BCUT2D eigenvalue weighted by Gasteiger charge is 2.25. The van der Waals surface area contributed by atoms with Gasteiger partial charge in [-0.25, -0.2) is 0 Å². The molecule has 1 fully saturated rings. The predicted octanol–water partition coefficient (Wildman–Crippen LogP) is 1.16. The van der Waals surface area contributed by atoms with Gasteiger partial charge in [-0.2, -0.15) is 0 Å². The maximum absolute atomic E-state index is 11.5. The molecule has 4 heteroatoms. The predicted molar refractivity (Wildman–Crippen MR) is 60.3 cm³/mol. The van der Waals surface area contributed by atoms with Crippen molar-refractivity contribution in [2.24, 2.45) is 5.92 Å². The van der Waals surface area contributed by atoms with Crippen molar-refractivity contribution in [1.82, 2.24) is 0 Å². The smallest absolute Gasteiger partial charge is 0.140 e. The zero-order valence-electron chi connectivity index (χ0n) is 9.98. The summed E-state index contributed by atoms with van der Waals surface area (Å²) < 4.78 is 10.5. The number of carbonyl (C=O) groups excluding carboxylic acids is 1. The number of carbonyl (C=O) groups is 1. The van der Waals surface area contributed by atoms with Crippen LogP contribution in [-0.2, 0) is 14.3 Å². The first-order valence-electron chi connectivity index (χ1n) is 6.10. The van der Waals surface area contributed by atoms with Crippen LogP contribution < -0.4 is 0 Å². The third kappa shape index (κ3) is 5.05. The first-order valence-corrected chi connectivity index (χ1v) is 6.10. The van der Waals surface area contributed by atoms with Gasteiger partial charge in [0.05, 0.1) is 25.9 Å². The van der Waals surface area contributed by atoms with Crippen LogP contribution in [0.4, 0.5) is 0 Å². The zero-order chi connectivity index (χ0) is 11.8. The molecule has 1 heterocycles. The molecule has 1 saturated heterocycles. The van der Waals surface area contributed by atoms with Crippen molar-refractivity contribution in [3.8, 4) is 0 Å². The summed E-state index contributed by atoms with van der Waals surface area (Å²) in [4.78, 5) is 11.5. The van der Waals surface area contributed by atoms with Crippen LogP contribution in [0.1, 0.15) is 32.6 Å². The summed E-state index contributed by atoms with van der Waals surface area (Å²) in [5.74, 6) is 0.0670. The molecule has 0 aromatic carbocycles. The minimum Gasteiger partial charge on any atom is -0.391 e. The number of hydrogen-bond donors (Lipinski definition) is 1. The average Bonchev–Trinajstić information content (AvgIpc) is 2.28. The second kappa shape index (κ2) is 7.76. The molecule has 1 N–H and O–H groups in total. The Morgan fingerprint density at radius 2 is 2.44 bits per heavy atom. The largest absolute Gasteiger partial charge is 0.391 e. The Bertz CT molecular complexity index is 205. The van der Waals surface area contributed by atoms with E-state index >= 15 is 0 Å². The van der Waals surface area contributed by atoms with Crippen LogP contribution in [0.5, 0.6) is 0 Å². The van der Waals surface area contributed by atoms with Crippen LogP contribution in [0.2, 0.25) is 0 Å². The first kappa shape index (κ1) is 13.6. The highest BCUT2D eigenvalue weighted by molar-refractivity contribution is 5.81. The first-order chi connectivity index (χ1) is 7.74. The quantitative estimate of drug-likeness (QED) is 0.667. The fourth-order valence-electron chi connectivity index (χ4n) is 1.76. The van der Waals surface area contributed by atoms with E-state index in [1.165, 1.54) is 0 Å². The molecule has 2 unspecified atom stereocenters. The minimum atomic E-state index is -0.549. The maximum atomic E-state index is 11.5. The number of rotatable bonds is 7. The molecule has 0 aliphatic carbocycles. The summed E-state index contributed by atoms with van der Waals surface area (Å²) in [6.45, 7) is 4.08. The summed E-state index contributed by atoms with van der Waals surface area (Å²) in [7, 11) is 0. The van der Waals surface area contributed by atoms with Crippen LogP contribution >= 0.6 is 0 Å². The summed E-state index contributed by atoms with van der Waals surface area (Å²) in [5.41, 5.74) is 0. The monoisotopic (exact) mass is 230 g/mol. The van der Waals surface area contributed by atoms with E-state index in [9.17, 15) is 9.90 Å². The van der Waals surface area contributed by atoms with Crippen molar-refractivity contribution < 1.29 is 19.4 Å². The van der Waals surface area contributed by atoms with E-state index in [2.05, 4.69) is 6.92 Å². The van der Waals surface area contributed by atoms with E-state index in [-0.39, 0.29) is 11.7 Å². The molecule has 0 aromatic rings. The van der Waals surface area contributed by atoms with Gasteiger partial charge >= 0.3 is 0 Å². The van der Waals surface area contributed by atoms with Gasteiger partial charge in [0.2, 0.25) is 0 Å². The Hall–Kier alpha value is -0.450. The molecule has 16 heavy (non-hydrogen) atoms. The van der Waals surface area contributed by atoms with E-state index in [0.717, 1.165) is 12.8 Å². The Morgan fingerprint density at radius 3 is 3.12 bits per heavy atom. The number of aliphatic hydroxyl groups excluding tert-OH is 1. The third-order valence-corrected chi connectivity index (χ3v) is 2.78. The third-order valence-electron chi connectivity index (χ3n) is 2.78. The van der Waals surface area contributed by atoms with Gasteiger partial charge in [-0.15, -0.1) is 0 Å². The van der Waals surface area contributed by atoms with Gasteiger partial charge in [-0.3, -0.25) is 4.79 Å². The molecule has 0 amide bonds. The average molecular weight is 230 g/mol. The van der Waals surface area contributed by atoms with E-state index in [0.29, 0.717) is 39.3 Å². The van der Waals surface area contributed by atoms with Crippen molar-refractivity contribution in [2.45, 2.75) is 38.7 Å². The number of unbranched alkanes of at least 4 members (excludes halogenated alkanes) is 1. The molecule has 0 bridgehead atoms. The molecule has 1 aliphatic heterocycles. The summed E-state index contributed by atoms with van der Waals surface area (Å²) in [6.07, 6.45) is 2.50. The molecular weight excluding hydrogens is 208 g/mol. The zero-order valence-corrected chi connectivity index (χ0v) is 9.98. The normalized spacial score (nSPS) is 23.4. The molecule has 0 saturated carbocycles. The lowest BCUT2D eigenvalue weighted by Gasteiger charge is -2.23. The highest BCUT2D eigenvalue weighted by Crippen LogP contribution is 2.15. The van der Waals surface area contributed by atoms with Crippen LogP contribution in [0.3, 0.4) is 0 Å². The summed E-state index contributed by atoms with van der Waals surface area (Å²) in [6, 6.07) is 0. The molecule has 0 spiro atoms. The van der Waals surface area contributed by atoms with Crippen molar-refractivity contribution in [3.05, 3.63) is 0 Å². The van der Waals surface area contributed by atoms with Crippen LogP contribution in [0, 0.1) is 5.92 Å². The van der Waals surface area contributed by atoms with Crippen molar-refractivity contribution in [3.63, 3.8) is 0 Å². The van der Waals surface area contributed by atoms with Crippen LogP contribution in [0.15, 0.2) is 0 Å². The van der Waals surface area contributed by atoms with E-state index in [4.69, 9.17) is 9.47 Å². The fraction of sp³-hybridized carbons (Fsp3) is 0.917. The van der Waals surface area contributed by atoms with E-state index in [1.807, 2.05) is 0 Å². The molecule has 4 nitrogen and oxygen atoms in total. The Balaban J connectivity index is 2.12. The summed E-state index contributed by atoms with van der Waals surface area (Å²) in [5, 5.41) is 9.69. The second-order valence-electron chi connectivity index (χ2n) is 4.31. The van der Waals surface area contributed by atoms with Crippen LogP contribution in [-0.4, -0.2) is 43.4 Å². The van der Waals surface area contributed by atoms with Crippen molar-refractivity contribution in [1.29, 1.82) is 0 Å². The number of ether oxygens (including phenoxy) is 2. The Labute approximate surface area is 96.9 Å². The summed E-state index contributed by atoms with van der Waals surface area (Å²) >= 11 is 0. The van der Waals surface area contributed by atoms with E-state index in [1.54, 1.807) is 0 Å². The van der Waals surface area contributed by atoms with Gasteiger partial charge in [0, 0.05) is 18.9 Å². The fourth-order valence-corrected chi connectivity index (χ4v) is 1.76. The van der Waals surface area contributed by atoms with Gasteiger partial charge < -0.3 is 14.6 Å². The van der Waals surface area contributed by atoms with Crippen molar-refractivity contribution in [2.75, 3.05) is 26.4 Å². The molecule has 0 radical (unpaired) electrons. The van der Waals surface area contributed by atoms with E-state index < -0.39 is 6.10 Å². The van der Waals surface area contributed by atoms with Gasteiger partial charge in [-0.1, -0.05) is 13.3 Å². The Kier molecular flexibility index (Phi) is 6.61. The number of hydrogen-bond acceptors (Lipinski definition) is 4. The molecule has 1 aliphatic rings. The molecular formula is C12H22O4. The lowest BCUT2D eigenvalue weighted by molar-refractivity contribution is -0.132. The number of ketones is 1. The standard InChI is InChI=1S/C12H22O4/c1-2-3-5-15-9-11(13)7-10-8-16-6-4-12(10)14/h10-11,13H,2-9H2,1H3. The van der Waals surface area contributed by atoms with Gasteiger partial charge in [0.1, 0.15) is 5.78 Å². The molecule has 94 valence electrons. The SMILES string of the molecule is CCCCOCC(O)CC1COCCC1=O. The second-order valence-corrected chi connectivity index (χ2v) is 4.31. The molecule has 2 atom stereocenters. The topological polar surface area (TPSA) is 55.8 Å². The highest BCUT2D eigenvalue weighted by atomic mass is 16.5. The number of aliphatic hydroxyl groups is 1. The lowest BCUT2D eigenvalue weighted by Crippen LogP contribution is -2.32. The van der Waals surface area contributed by atoms with Gasteiger partial charge in [0.15, 0.2) is 0 Å². The Morgan fingerprint density at radius 1 is 1.62 bits per heavy atom. The molecule has 1 rings (SSSR count). The lowest BCUT2D eigenvalue weighted by atomic mass is 9.94. The number of Topliss-reactive ketones (excluding diaryl/α,β-unsaturated/α-hetero) is 1. The minimum absolute atomic E-state index is 0.140. The van der Waals surface area contributed by atoms with Crippen molar-refractivity contribution >= 4 is 5.78 Å². The van der Waals surface area contributed by atoms with Crippen LogP contribution in [0.25, 0.3) is 0 Å². The van der Waals surface area contributed by atoms with Gasteiger partial charge in [0.25, 0.3) is 0 Å². The van der Waals surface area contributed by atoms with Gasteiger partial charge in [-0.05, 0) is 12.8 Å².